The number of nitrogens with zero attached hydrogens (tertiary/aromatic N) is 2. The predicted molar refractivity (Wildman–Crippen MR) is 75.9 cm³/mol. The third kappa shape index (κ3) is 2.85. The summed E-state index contributed by atoms with van der Waals surface area (Å²) >= 11 is 0. The molecule has 0 saturated heterocycles. The molecular formula is C14H15N3O3. The summed E-state index contributed by atoms with van der Waals surface area (Å²) in [6.45, 7) is 4.11. The van der Waals surface area contributed by atoms with Gasteiger partial charge in [0, 0.05) is 12.1 Å². The number of para-hydroxylation sites is 1. The molecule has 0 spiro atoms. The molecule has 1 aromatic carbocycles. The number of ether oxygens (including phenoxy) is 1. The number of nitro groups is 1. The molecule has 1 heterocycles. The lowest BCUT2D eigenvalue weighted by Gasteiger charge is -2.12. The summed E-state index contributed by atoms with van der Waals surface area (Å²) in [6, 6.07) is 10.3. The van der Waals surface area contributed by atoms with E-state index in [1.54, 1.807) is 0 Å². The fraction of sp³-hybridized carbons (Fsp3) is 0.214. The molecule has 2 N–H and O–H groups in total. The van der Waals surface area contributed by atoms with Crippen molar-refractivity contribution >= 4 is 11.5 Å². The molecule has 0 aliphatic carbocycles. The van der Waals surface area contributed by atoms with E-state index in [1.807, 2.05) is 24.3 Å². The van der Waals surface area contributed by atoms with Crippen LogP contribution in [-0.2, 0) is 0 Å². The molecule has 0 saturated carbocycles. The fourth-order valence-corrected chi connectivity index (χ4v) is 1.82. The van der Waals surface area contributed by atoms with Crippen molar-refractivity contribution in [3.63, 3.8) is 0 Å². The summed E-state index contributed by atoms with van der Waals surface area (Å²) < 4.78 is 5.67. The zero-order chi connectivity index (χ0) is 14.7. The first-order valence-electron chi connectivity index (χ1n) is 6.16. The highest BCUT2D eigenvalue weighted by Gasteiger charge is 2.15. The molecule has 2 rings (SSSR count). The van der Waals surface area contributed by atoms with E-state index in [4.69, 9.17) is 10.5 Å². The average Bonchev–Trinajstić information content (AvgIpc) is 2.38. The highest BCUT2D eigenvalue weighted by atomic mass is 16.6. The first kappa shape index (κ1) is 13.8. The molecule has 0 aliphatic heterocycles. The molecule has 0 bridgehead atoms. The predicted octanol–water partition coefficient (Wildman–Crippen LogP) is 3.49. The molecule has 0 amide bonds. The van der Waals surface area contributed by atoms with Crippen LogP contribution >= 0.6 is 0 Å². The summed E-state index contributed by atoms with van der Waals surface area (Å²) in [5, 5.41) is 10.7. The second-order valence-corrected chi connectivity index (χ2v) is 4.61. The third-order valence-corrected chi connectivity index (χ3v) is 2.83. The first-order chi connectivity index (χ1) is 9.49. The van der Waals surface area contributed by atoms with Crippen LogP contribution in [0.2, 0.25) is 0 Å². The summed E-state index contributed by atoms with van der Waals surface area (Å²) in [5.41, 5.74) is 6.35. The highest BCUT2D eigenvalue weighted by Crippen LogP contribution is 2.31. The van der Waals surface area contributed by atoms with Crippen molar-refractivity contribution in [1.29, 1.82) is 0 Å². The van der Waals surface area contributed by atoms with Crippen LogP contribution in [0.4, 0.5) is 11.5 Å². The molecule has 20 heavy (non-hydrogen) atoms. The second kappa shape index (κ2) is 5.56. The zero-order valence-electron chi connectivity index (χ0n) is 11.2. The van der Waals surface area contributed by atoms with Crippen LogP contribution in [0.15, 0.2) is 36.4 Å². The molecule has 1 aromatic heterocycles. The number of nitrogen functional groups attached to an aromatic ring is 1. The number of pyridine rings is 1. The normalized spacial score (nSPS) is 10.6. The zero-order valence-corrected chi connectivity index (χ0v) is 11.2. The van der Waals surface area contributed by atoms with Crippen molar-refractivity contribution in [1.82, 2.24) is 4.98 Å². The lowest BCUT2D eigenvalue weighted by molar-refractivity contribution is -0.384. The quantitative estimate of drug-likeness (QED) is 0.680. The lowest BCUT2D eigenvalue weighted by Crippen LogP contribution is -2.00. The van der Waals surface area contributed by atoms with Crippen molar-refractivity contribution in [3.05, 3.63) is 52.1 Å². The minimum absolute atomic E-state index is 0.158. The summed E-state index contributed by atoms with van der Waals surface area (Å²) in [4.78, 5) is 14.0. The summed E-state index contributed by atoms with van der Waals surface area (Å²) in [5.74, 6) is 1.04. The van der Waals surface area contributed by atoms with Gasteiger partial charge in [0.1, 0.15) is 5.75 Å². The van der Waals surface area contributed by atoms with E-state index in [1.165, 1.54) is 12.1 Å². The topological polar surface area (TPSA) is 91.3 Å². The smallest absolute Gasteiger partial charge is 0.311 e. The van der Waals surface area contributed by atoms with E-state index in [0.717, 1.165) is 5.56 Å². The molecular weight excluding hydrogens is 258 g/mol. The molecule has 6 heteroatoms. The maximum Gasteiger partial charge on any atom is 0.311 e. The standard InChI is InChI=1S/C14H15N3O3/c1-9(2)10-5-3-4-6-12(10)20-13-8-7-11(17(18)19)14(15)16-13/h3-9H,1-2H3,(H2,15,16). The lowest BCUT2D eigenvalue weighted by atomic mass is 10.0. The Morgan fingerprint density at radius 2 is 1.95 bits per heavy atom. The largest absolute Gasteiger partial charge is 0.439 e. The van der Waals surface area contributed by atoms with E-state index in [9.17, 15) is 10.1 Å². The molecule has 0 atom stereocenters. The van der Waals surface area contributed by atoms with Crippen LogP contribution in [0.3, 0.4) is 0 Å². The minimum atomic E-state index is -0.575. The Balaban J connectivity index is 2.31. The molecule has 2 aromatic rings. The van der Waals surface area contributed by atoms with Crippen LogP contribution in [0.5, 0.6) is 11.6 Å². The van der Waals surface area contributed by atoms with Crippen molar-refractivity contribution in [3.8, 4) is 11.6 Å². The van der Waals surface area contributed by atoms with E-state index in [0.29, 0.717) is 11.7 Å². The first-order valence-corrected chi connectivity index (χ1v) is 6.16. The minimum Gasteiger partial charge on any atom is -0.439 e. The maximum absolute atomic E-state index is 10.7. The maximum atomic E-state index is 10.7. The highest BCUT2D eigenvalue weighted by molar-refractivity contribution is 5.53. The Labute approximate surface area is 116 Å². The Morgan fingerprint density at radius 1 is 1.25 bits per heavy atom. The molecule has 104 valence electrons. The van der Waals surface area contributed by atoms with Crippen LogP contribution in [0, 0.1) is 10.1 Å². The number of aromatic nitrogens is 1. The van der Waals surface area contributed by atoms with E-state index < -0.39 is 4.92 Å². The molecule has 0 fully saturated rings. The molecule has 0 radical (unpaired) electrons. The van der Waals surface area contributed by atoms with Gasteiger partial charge in [0.15, 0.2) is 0 Å². The number of anilines is 1. The van der Waals surface area contributed by atoms with Gasteiger partial charge in [-0.15, -0.1) is 0 Å². The van der Waals surface area contributed by atoms with Crippen molar-refractivity contribution in [2.45, 2.75) is 19.8 Å². The van der Waals surface area contributed by atoms with E-state index in [-0.39, 0.29) is 17.4 Å². The van der Waals surface area contributed by atoms with Crippen LogP contribution in [0.1, 0.15) is 25.3 Å². The average molecular weight is 273 g/mol. The van der Waals surface area contributed by atoms with Crippen molar-refractivity contribution in [2.24, 2.45) is 0 Å². The van der Waals surface area contributed by atoms with Gasteiger partial charge in [-0.05, 0) is 17.5 Å². The van der Waals surface area contributed by atoms with Gasteiger partial charge in [-0.2, -0.15) is 4.98 Å². The number of hydrogen-bond acceptors (Lipinski definition) is 5. The summed E-state index contributed by atoms with van der Waals surface area (Å²) in [7, 11) is 0. The van der Waals surface area contributed by atoms with Gasteiger partial charge in [-0.1, -0.05) is 32.0 Å². The summed E-state index contributed by atoms with van der Waals surface area (Å²) in [6.07, 6.45) is 0. The molecule has 0 aliphatic rings. The number of benzene rings is 1. The number of rotatable bonds is 4. The van der Waals surface area contributed by atoms with Gasteiger partial charge in [-0.25, -0.2) is 0 Å². The van der Waals surface area contributed by atoms with Gasteiger partial charge < -0.3 is 10.5 Å². The van der Waals surface area contributed by atoms with Crippen molar-refractivity contribution < 1.29 is 9.66 Å². The Kier molecular flexibility index (Phi) is 3.84. The van der Waals surface area contributed by atoms with Crippen LogP contribution in [0.25, 0.3) is 0 Å². The van der Waals surface area contributed by atoms with E-state index >= 15 is 0 Å². The van der Waals surface area contributed by atoms with Gasteiger partial charge in [0.2, 0.25) is 11.7 Å². The Morgan fingerprint density at radius 3 is 2.55 bits per heavy atom. The fourth-order valence-electron chi connectivity index (χ4n) is 1.82. The monoisotopic (exact) mass is 273 g/mol. The Hall–Kier alpha value is -2.63. The van der Waals surface area contributed by atoms with Crippen molar-refractivity contribution in [2.75, 3.05) is 5.73 Å². The van der Waals surface area contributed by atoms with Gasteiger partial charge in [0.05, 0.1) is 4.92 Å². The van der Waals surface area contributed by atoms with Gasteiger partial charge >= 0.3 is 5.69 Å². The van der Waals surface area contributed by atoms with Crippen LogP contribution in [-0.4, -0.2) is 9.91 Å². The molecule has 6 nitrogen and oxygen atoms in total. The van der Waals surface area contributed by atoms with Gasteiger partial charge in [-0.3, -0.25) is 10.1 Å². The van der Waals surface area contributed by atoms with Gasteiger partial charge in [0.25, 0.3) is 0 Å². The second-order valence-electron chi connectivity index (χ2n) is 4.61. The third-order valence-electron chi connectivity index (χ3n) is 2.83. The van der Waals surface area contributed by atoms with E-state index in [2.05, 4.69) is 18.8 Å². The van der Waals surface area contributed by atoms with Crippen LogP contribution < -0.4 is 10.5 Å². The number of nitrogens with two attached hydrogens (primary N) is 1. The Bertz CT molecular complexity index is 641. The SMILES string of the molecule is CC(C)c1ccccc1Oc1ccc([N+](=O)[O-])c(N)n1. The molecule has 0 unspecified atom stereocenters. The number of hydrogen-bond donors (Lipinski definition) is 1.